The van der Waals surface area contributed by atoms with Crippen molar-refractivity contribution >= 4 is 17.8 Å². The van der Waals surface area contributed by atoms with E-state index in [1.54, 1.807) is 0 Å². The van der Waals surface area contributed by atoms with Gasteiger partial charge < -0.3 is 15.2 Å². The average Bonchev–Trinajstić information content (AvgIpc) is 2.88. The normalized spacial score (nSPS) is 12.2. The maximum atomic E-state index is 12.5. The number of hydrogen-bond donors (Lipinski definition) is 2. The van der Waals surface area contributed by atoms with Crippen LogP contribution in [0, 0.1) is 11.8 Å². The first-order valence-corrected chi connectivity index (χ1v) is 16.9. The van der Waals surface area contributed by atoms with Crippen molar-refractivity contribution in [3.8, 4) is 0 Å². The second-order valence-corrected chi connectivity index (χ2v) is 12.8. The number of aliphatic carboxylic acids is 1. The quantitative estimate of drug-likeness (QED) is 0.0693. The van der Waals surface area contributed by atoms with E-state index in [1.807, 2.05) is 0 Å². The van der Waals surface area contributed by atoms with Crippen molar-refractivity contribution in [3.63, 3.8) is 0 Å². The molecule has 0 saturated carbocycles. The molecule has 0 spiro atoms. The van der Waals surface area contributed by atoms with E-state index in [2.05, 4.69) is 33.0 Å². The van der Waals surface area contributed by atoms with Gasteiger partial charge in [0.2, 0.25) is 5.91 Å². The van der Waals surface area contributed by atoms with E-state index in [4.69, 9.17) is 9.84 Å². The zero-order valence-electron chi connectivity index (χ0n) is 26.8. The Balaban J connectivity index is 4.06. The standard InChI is InChI=1S/C34H65NO5/c1-29(2)23-19-15-11-7-5-9-13-17-21-25-31(27-32(36)35-28-33(37)38)40-34(39)26-22-18-14-10-6-8-12-16-20-24-30(3)4/h29-31H,5-28H2,1-4H3,(H,35,36)(H,37,38). The minimum absolute atomic E-state index is 0.0343. The Kier molecular flexibility index (Phi) is 26.5. The Bertz CT molecular complexity index is 619. The summed E-state index contributed by atoms with van der Waals surface area (Å²) in [5.74, 6) is -0.0707. The Morgan fingerprint density at radius 3 is 1.35 bits per heavy atom. The first-order valence-electron chi connectivity index (χ1n) is 16.9. The molecular formula is C34H65NO5. The van der Waals surface area contributed by atoms with Crippen LogP contribution in [-0.4, -0.2) is 35.6 Å². The maximum absolute atomic E-state index is 12.5. The lowest BCUT2D eigenvalue weighted by Crippen LogP contribution is -2.33. The summed E-state index contributed by atoms with van der Waals surface area (Å²) in [5.41, 5.74) is 0. The number of amides is 1. The van der Waals surface area contributed by atoms with Gasteiger partial charge in [-0.3, -0.25) is 14.4 Å². The van der Waals surface area contributed by atoms with Crippen molar-refractivity contribution in [2.24, 2.45) is 11.8 Å². The minimum Gasteiger partial charge on any atom is -0.480 e. The molecule has 1 atom stereocenters. The molecule has 2 N–H and O–H groups in total. The minimum atomic E-state index is -1.08. The highest BCUT2D eigenvalue weighted by Gasteiger charge is 2.18. The molecule has 1 amide bonds. The summed E-state index contributed by atoms with van der Waals surface area (Å²) in [5, 5.41) is 11.2. The van der Waals surface area contributed by atoms with Crippen molar-refractivity contribution in [2.75, 3.05) is 6.54 Å². The Hall–Kier alpha value is -1.59. The summed E-state index contributed by atoms with van der Waals surface area (Å²) in [6.07, 6.45) is 25.1. The van der Waals surface area contributed by atoms with Gasteiger partial charge in [-0.15, -0.1) is 0 Å². The van der Waals surface area contributed by atoms with E-state index in [9.17, 15) is 14.4 Å². The fraction of sp³-hybridized carbons (Fsp3) is 0.912. The molecule has 0 fully saturated rings. The number of carbonyl (C=O) groups excluding carboxylic acids is 2. The van der Waals surface area contributed by atoms with Crippen LogP contribution < -0.4 is 5.32 Å². The van der Waals surface area contributed by atoms with Gasteiger partial charge in [0.1, 0.15) is 12.6 Å². The summed E-state index contributed by atoms with van der Waals surface area (Å²) in [4.78, 5) is 35.4. The lowest BCUT2D eigenvalue weighted by atomic mass is 10.0. The third-order valence-electron chi connectivity index (χ3n) is 7.62. The van der Waals surface area contributed by atoms with Crippen molar-refractivity contribution < 1.29 is 24.2 Å². The predicted molar refractivity (Wildman–Crippen MR) is 166 cm³/mol. The van der Waals surface area contributed by atoms with Crippen LogP contribution in [0.3, 0.4) is 0 Å². The van der Waals surface area contributed by atoms with Gasteiger partial charge in [-0.05, 0) is 31.1 Å². The third-order valence-corrected chi connectivity index (χ3v) is 7.62. The lowest BCUT2D eigenvalue weighted by molar-refractivity contribution is -0.151. The van der Waals surface area contributed by atoms with E-state index in [0.717, 1.165) is 50.4 Å². The van der Waals surface area contributed by atoms with Crippen LogP contribution >= 0.6 is 0 Å². The van der Waals surface area contributed by atoms with Crippen LogP contribution in [-0.2, 0) is 19.1 Å². The van der Waals surface area contributed by atoms with Crippen molar-refractivity contribution in [1.82, 2.24) is 5.32 Å². The van der Waals surface area contributed by atoms with E-state index < -0.39 is 18.6 Å². The molecule has 0 aromatic carbocycles. The van der Waals surface area contributed by atoms with Crippen LogP contribution in [0.15, 0.2) is 0 Å². The molecule has 40 heavy (non-hydrogen) atoms. The van der Waals surface area contributed by atoms with E-state index in [-0.39, 0.29) is 18.3 Å². The molecule has 0 rings (SSSR count). The van der Waals surface area contributed by atoms with Crippen molar-refractivity contribution in [1.29, 1.82) is 0 Å². The molecule has 1 unspecified atom stereocenters. The van der Waals surface area contributed by atoms with Crippen LogP contribution in [0.1, 0.15) is 175 Å². The van der Waals surface area contributed by atoms with Gasteiger partial charge in [-0.2, -0.15) is 0 Å². The molecule has 6 nitrogen and oxygen atoms in total. The SMILES string of the molecule is CC(C)CCCCCCCCCCCC(=O)OC(CCCCCCCCCCCC(C)C)CC(=O)NCC(=O)O. The van der Waals surface area contributed by atoms with Gasteiger partial charge in [-0.1, -0.05) is 143 Å². The smallest absolute Gasteiger partial charge is 0.322 e. The maximum Gasteiger partial charge on any atom is 0.322 e. The number of esters is 1. The molecule has 0 aliphatic carbocycles. The summed E-state index contributed by atoms with van der Waals surface area (Å²) < 4.78 is 5.68. The fourth-order valence-corrected chi connectivity index (χ4v) is 5.12. The molecule has 0 bridgehead atoms. The number of carbonyl (C=O) groups is 3. The Labute approximate surface area is 247 Å². The molecule has 0 aromatic heterocycles. The van der Waals surface area contributed by atoms with Crippen molar-refractivity contribution in [2.45, 2.75) is 181 Å². The number of ether oxygens (including phenoxy) is 1. The topological polar surface area (TPSA) is 92.7 Å². The molecule has 236 valence electrons. The molecule has 0 heterocycles. The van der Waals surface area contributed by atoms with Gasteiger partial charge in [0, 0.05) is 6.42 Å². The van der Waals surface area contributed by atoms with Crippen LogP contribution in [0.25, 0.3) is 0 Å². The van der Waals surface area contributed by atoms with Crippen LogP contribution in [0.4, 0.5) is 0 Å². The molecule has 6 heteroatoms. The number of unbranched alkanes of at least 4 members (excludes halogenated alkanes) is 16. The number of hydrogen-bond acceptors (Lipinski definition) is 4. The van der Waals surface area contributed by atoms with Crippen molar-refractivity contribution in [3.05, 3.63) is 0 Å². The van der Waals surface area contributed by atoms with Gasteiger partial charge in [0.05, 0.1) is 6.42 Å². The number of nitrogens with one attached hydrogen (secondary N) is 1. The number of carboxylic acids is 1. The molecule has 0 radical (unpaired) electrons. The number of carboxylic acid groups (broad SMARTS) is 1. The highest BCUT2D eigenvalue weighted by molar-refractivity contribution is 5.81. The third kappa shape index (κ3) is 29.4. The summed E-state index contributed by atoms with van der Waals surface area (Å²) in [6, 6.07) is 0. The van der Waals surface area contributed by atoms with Gasteiger partial charge in [0.15, 0.2) is 0 Å². The zero-order chi connectivity index (χ0) is 29.8. The van der Waals surface area contributed by atoms with E-state index in [0.29, 0.717) is 12.8 Å². The summed E-state index contributed by atoms with van der Waals surface area (Å²) in [7, 11) is 0. The highest BCUT2D eigenvalue weighted by Crippen LogP contribution is 2.17. The second-order valence-electron chi connectivity index (χ2n) is 12.8. The molecule has 0 saturated heterocycles. The zero-order valence-corrected chi connectivity index (χ0v) is 26.8. The largest absolute Gasteiger partial charge is 0.480 e. The highest BCUT2D eigenvalue weighted by atomic mass is 16.5. The van der Waals surface area contributed by atoms with E-state index in [1.165, 1.54) is 89.9 Å². The molecule has 0 aliphatic rings. The van der Waals surface area contributed by atoms with Crippen LogP contribution in [0.5, 0.6) is 0 Å². The van der Waals surface area contributed by atoms with Gasteiger partial charge in [0.25, 0.3) is 0 Å². The molecule has 0 aliphatic heterocycles. The molecule has 0 aromatic rings. The Morgan fingerprint density at radius 1 is 0.575 bits per heavy atom. The number of rotatable bonds is 29. The summed E-state index contributed by atoms with van der Waals surface area (Å²) in [6.45, 7) is 8.74. The van der Waals surface area contributed by atoms with E-state index >= 15 is 0 Å². The first kappa shape index (κ1) is 38.4. The second kappa shape index (κ2) is 27.6. The Morgan fingerprint density at radius 2 is 0.950 bits per heavy atom. The average molecular weight is 568 g/mol. The van der Waals surface area contributed by atoms with Gasteiger partial charge in [-0.25, -0.2) is 0 Å². The first-order chi connectivity index (χ1) is 19.2. The fourth-order valence-electron chi connectivity index (χ4n) is 5.12. The monoisotopic (exact) mass is 567 g/mol. The summed E-state index contributed by atoms with van der Waals surface area (Å²) >= 11 is 0. The lowest BCUT2D eigenvalue weighted by Gasteiger charge is -2.18. The van der Waals surface area contributed by atoms with Crippen LogP contribution in [0.2, 0.25) is 0 Å². The molecular weight excluding hydrogens is 502 g/mol. The van der Waals surface area contributed by atoms with Gasteiger partial charge >= 0.3 is 11.9 Å². The predicted octanol–water partition coefficient (Wildman–Crippen LogP) is 9.38.